The predicted molar refractivity (Wildman–Crippen MR) is 73.6 cm³/mol. The summed E-state index contributed by atoms with van der Waals surface area (Å²) in [4.78, 5) is 10.7. The molecule has 3 heterocycles. The summed E-state index contributed by atoms with van der Waals surface area (Å²) < 4.78 is 0. The van der Waals surface area contributed by atoms with E-state index >= 15 is 0 Å². The molecule has 3 rings (SSSR count). The molecule has 0 amide bonds. The van der Waals surface area contributed by atoms with Gasteiger partial charge < -0.3 is 4.90 Å². The third-order valence-corrected chi connectivity index (χ3v) is 3.41. The van der Waals surface area contributed by atoms with Crippen LogP contribution in [0.4, 0.5) is 5.82 Å². The summed E-state index contributed by atoms with van der Waals surface area (Å²) in [5.74, 6) is 0.817. The van der Waals surface area contributed by atoms with Gasteiger partial charge in [0, 0.05) is 37.2 Å². The summed E-state index contributed by atoms with van der Waals surface area (Å²) in [6.07, 6.45) is 7.69. The fourth-order valence-corrected chi connectivity index (χ4v) is 2.42. The number of anilines is 1. The van der Waals surface area contributed by atoms with Crippen molar-refractivity contribution in [3.8, 4) is 17.2 Å². The van der Waals surface area contributed by atoms with E-state index in [0.29, 0.717) is 5.56 Å². The van der Waals surface area contributed by atoms with Crippen LogP contribution in [0.2, 0.25) is 0 Å². The van der Waals surface area contributed by atoms with E-state index in [0.717, 1.165) is 30.0 Å². The number of pyridine rings is 2. The molecule has 0 aromatic carbocycles. The van der Waals surface area contributed by atoms with Crippen molar-refractivity contribution in [1.82, 2.24) is 9.97 Å². The van der Waals surface area contributed by atoms with Crippen molar-refractivity contribution in [1.29, 1.82) is 5.26 Å². The highest BCUT2D eigenvalue weighted by molar-refractivity contribution is 5.68. The highest BCUT2D eigenvalue weighted by Crippen LogP contribution is 2.26. The van der Waals surface area contributed by atoms with E-state index < -0.39 is 0 Å². The maximum atomic E-state index is 9.32. The van der Waals surface area contributed by atoms with E-state index in [2.05, 4.69) is 20.9 Å². The Kier molecular flexibility index (Phi) is 3.11. The minimum absolute atomic E-state index is 0.649. The van der Waals surface area contributed by atoms with Crippen LogP contribution in [-0.2, 0) is 0 Å². The Bertz CT molecular complexity index is 610. The fourth-order valence-electron chi connectivity index (χ4n) is 2.42. The topological polar surface area (TPSA) is 52.8 Å². The summed E-state index contributed by atoms with van der Waals surface area (Å²) in [5.41, 5.74) is 2.64. The molecule has 0 atom stereocenters. The lowest BCUT2D eigenvalue weighted by Gasteiger charge is -2.18. The van der Waals surface area contributed by atoms with E-state index in [1.54, 1.807) is 12.4 Å². The largest absolute Gasteiger partial charge is 0.356 e. The van der Waals surface area contributed by atoms with Crippen LogP contribution in [0.25, 0.3) is 11.1 Å². The predicted octanol–water partition coefficient (Wildman–Crippen LogP) is 2.62. The van der Waals surface area contributed by atoms with Crippen molar-refractivity contribution < 1.29 is 0 Å². The molecule has 0 aliphatic carbocycles. The van der Waals surface area contributed by atoms with Crippen molar-refractivity contribution in [2.45, 2.75) is 12.8 Å². The van der Waals surface area contributed by atoms with Crippen molar-refractivity contribution in [3.63, 3.8) is 0 Å². The Labute approximate surface area is 112 Å². The van der Waals surface area contributed by atoms with Crippen LogP contribution in [0.5, 0.6) is 0 Å². The van der Waals surface area contributed by atoms with Gasteiger partial charge in [-0.25, -0.2) is 4.98 Å². The van der Waals surface area contributed by atoms with Crippen molar-refractivity contribution in [2.75, 3.05) is 18.0 Å². The van der Waals surface area contributed by atoms with E-state index in [-0.39, 0.29) is 0 Å². The van der Waals surface area contributed by atoms with Crippen LogP contribution in [0.1, 0.15) is 18.4 Å². The number of aromatic nitrogens is 2. The molecule has 0 spiro atoms. The van der Waals surface area contributed by atoms with E-state index in [1.807, 2.05) is 24.4 Å². The second-order valence-corrected chi connectivity index (χ2v) is 4.64. The monoisotopic (exact) mass is 250 g/mol. The van der Waals surface area contributed by atoms with E-state index in [9.17, 15) is 5.26 Å². The second-order valence-electron chi connectivity index (χ2n) is 4.64. The maximum Gasteiger partial charge on any atom is 0.146 e. The van der Waals surface area contributed by atoms with Crippen molar-refractivity contribution >= 4 is 5.82 Å². The van der Waals surface area contributed by atoms with Crippen LogP contribution in [0.15, 0.2) is 36.8 Å². The Balaban J connectivity index is 2.00. The number of hydrogen-bond acceptors (Lipinski definition) is 4. The quantitative estimate of drug-likeness (QED) is 0.822. The van der Waals surface area contributed by atoms with Gasteiger partial charge in [0.15, 0.2) is 0 Å². The minimum Gasteiger partial charge on any atom is -0.356 e. The number of rotatable bonds is 2. The second kappa shape index (κ2) is 5.07. The van der Waals surface area contributed by atoms with Crippen molar-refractivity contribution in [2.24, 2.45) is 0 Å². The molecule has 1 aliphatic rings. The molecular formula is C15H14N4. The Hall–Kier alpha value is -2.41. The first kappa shape index (κ1) is 11.7. The normalized spacial score (nSPS) is 14.4. The number of hydrogen-bond donors (Lipinski definition) is 0. The van der Waals surface area contributed by atoms with Crippen LogP contribution in [-0.4, -0.2) is 23.1 Å². The Morgan fingerprint density at radius 3 is 2.53 bits per heavy atom. The average Bonchev–Trinajstić information content (AvgIpc) is 3.01. The van der Waals surface area contributed by atoms with E-state index in [4.69, 9.17) is 0 Å². The first-order valence-corrected chi connectivity index (χ1v) is 6.44. The molecule has 94 valence electrons. The summed E-state index contributed by atoms with van der Waals surface area (Å²) in [5, 5.41) is 9.32. The Morgan fingerprint density at radius 1 is 1.11 bits per heavy atom. The zero-order valence-corrected chi connectivity index (χ0v) is 10.6. The summed E-state index contributed by atoms with van der Waals surface area (Å²) >= 11 is 0. The molecule has 4 heteroatoms. The van der Waals surface area contributed by atoms with Gasteiger partial charge in [0.25, 0.3) is 0 Å². The van der Waals surface area contributed by atoms with Gasteiger partial charge in [-0.15, -0.1) is 0 Å². The van der Waals surface area contributed by atoms with Gasteiger partial charge in [-0.05, 0) is 36.6 Å². The van der Waals surface area contributed by atoms with Gasteiger partial charge >= 0.3 is 0 Å². The van der Waals surface area contributed by atoms with E-state index in [1.165, 1.54) is 12.8 Å². The van der Waals surface area contributed by atoms with Crippen LogP contribution < -0.4 is 4.90 Å². The number of nitriles is 1. The summed E-state index contributed by atoms with van der Waals surface area (Å²) in [7, 11) is 0. The highest BCUT2D eigenvalue weighted by Gasteiger charge is 2.17. The van der Waals surface area contributed by atoms with Crippen molar-refractivity contribution in [3.05, 3.63) is 42.4 Å². The molecule has 1 fully saturated rings. The lowest BCUT2D eigenvalue weighted by molar-refractivity contribution is 0.934. The lowest BCUT2D eigenvalue weighted by atomic mass is 10.1. The summed E-state index contributed by atoms with van der Waals surface area (Å²) in [6, 6.07) is 8.02. The molecule has 19 heavy (non-hydrogen) atoms. The summed E-state index contributed by atoms with van der Waals surface area (Å²) in [6.45, 7) is 1.99. The standard InChI is InChI=1S/C15H14N4/c16-10-13-9-14(12-3-5-17-6-4-12)11-18-15(13)19-7-1-2-8-19/h3-6,9,11H,1-2,7-8H2. The molecule has 1 aliphatic heterocycles. The molecule has 4 nitrogen and oxygen atoms in total. The van der Waals surface area contributed by atoms with Crippen LogP contribution in [0.3, 0.4) is 0 Å². The van der Waals surface area contributed by atoms with Gasteiger partial charge in [-0.2, -0.15) is 5.26 Å². The third-order valence-electron chi connectivity index (χ3n) is 3.41. The third kappa shape index (κ3) is 2.27. The van der Waals surface area contributed by atoms with Crippen LogP contribution in [0, 0.1) is 11.3 Å². The van der Waals surface area contributed by atoms with Gasteiger partial charge in [0.05, 0.1) is 5.56 Å². The maximum absolute atomic E-state index is 9.32. The molecule has 0 saturated carbocycles. The van der Waals surface area contributed by atoms with Gasteiger partial charge in [0.2, 0.25) is 0 Å². The molecule has 2 aromatic rings. The lowest BCUT2D eigenvalue weighted by Crippen LogP contribution is -2.20. The Morgan fingerprint density at radius 2 is 1.84 bits per heavy atom. The molecule has 0 N–H and O–H groups in total. The average molecular weight is 250 g/mol. The first-order chi connectivity index (χ1) is 9.38. The first-order valence-electron chi connectivity index (χ1n) is 6.44. The molecule has 0 radical (unpaired) electrons. The fraction of sp³-hybridized carbons (Fsp3) is 0.267. The van der Waals surface area contributed by atoms with Gasteiger partial charge in [-0.3, -0.25) is 4.98 Å². The molecule has 0 bridgehead atoms. The molecular weight excluding hydrogens is 236 g/mol. The minimum atomic E-state index is 0.649. The zero-order valence-electron chi connectivity index (χ0n) is 10.6. The van der Waals surface area contributed by atoms with Gasteiger partial charge in [0.1, 0.15) is 11.9 Å². The zero-order chi connectivity index (χ0) is 13.1. The SMILES string of the molecule is N#Cc1cc(-c2ccncc2)cnc1N1CCCC1. The highest BCUT2D eigenvalue weighted by atomic mass is 15.2. The smallest absolute Gasteiger partial charge is 0.146 e. The molecule has 1 saturated heterocycles. The van der Waals surface area contributed by atoms with Crippen LogP contribution >= 0.6 is 0 Å². The number of nitrogens with zero attached hydrogens (tertiary/aromatic N) is 4. The van der Waals surface area contributed by atoms with Gasteiger partial charge in [-0.1, -0.05) is 0 Å². The molecule has 2 aromatic heterocycles. The molecule has 0 unspecified atom stereocenters.